The standard InChI is InChI=1S/C9H12N2O5/c12-4-5-6(13)7(14)8(16-5)11-3-1-2-10-9(11)15/h1-3,5-8,12-14H,4H2/t5-,6?,7-,8-/m1/s1. The molecule has 0 aliphatic carbocycles. The molecule has 3 N–H and O–H groups in total. The maximum Gasteiger partial charge on any atom is 0.349 e. The molecule has 4 atom stereocenters. The van der Waals surface area contributed by atoms with E-state index in [1.807, 2.05) is 0 Å². The summed E-state index contributed by atoms with van der Waals surface area (Å²) in [5.74, 6) is 0. The van der Waals surface area contributed by atoms with Gasteiger partial charge < -0.3 is 20.1 Å². The van der Waals surface area contributed by atoms with Gasteiger partial charge in [0, 0.05) is 12.4 Å². The van der Waals surface area contributed by atoms with Crippen LogP contribution in [0.5, 0.6) is 0 Å². The molecular formula is C9H12N2O5. The molecule has 0 spiro atoms. The van der Waals surface area contributed by atoms with Crippen molar-refractivity contribution in [1.29, 1.82) is 0 Å². The van der Waals surface area contributed by atoms with Gasteiger partial charge in [-0.25, -0.2) is 9.78 Å². The van der Waals surface area contributed by atoms with E-state index in [4.69, 9.17) is 9.84 Å². The third kappa shape index (κ3) is 1.74. The van der Waals surface area contributed by atoms with Crippen LogP contribution in [-0.2, 0) is 4.74 Å². The molecule has 1 aromatic heterocycles. The molecule has 1 aliphatic rings. The molecule has 0 radical (unpaired) electrons. The van der Waals surface area contributed by atoms with Crippen molar-refractivity contribution in [2.75, 3.05) is 6.61 Å². The Morgan fingerprint density at radius 3 is 2.75 bits per heavy atom. The fraction of sp³-hybridized carbons (Fsp3) is 0.556. The van der Waals surface area contributed by atoms with E-state index in [9.17, 15) is 15.0 Å². The van der Waals surface area contributed by atoms with Gasteiger partial charge in [-0.15, -0.1) is 0 Å². The summed E-state index contributed by atoms with van der Waals surface area (Å²) in [7, 11) is 0. The van der Waals surface area contributed by atoms with Crippen LogP contribution in [-0.4, -0.2) is 49.8 Å². The first-order valence-corrected chi connectivity index (χ1v) is 4.80. The summed E-state index contributed by atoms with van der Waals surface area (Å²) >= 11 is 0. The number of hydrogen-bond acceptors (Lipinski definition) is 6. The zero-order valence-electron chi connectivity index (χ0n) is 8.30. The van der Waals surface area contributed by atoms with Crippen LogP contribution in [0.3, 0.4) is 0 Å². The van der Waals surface area contributed by atoms with Gasteiger partial charge >= 0.3 is 5.69 Å². The van der Waals surface area contributed by atoms with Crippen molar-refractivity contribution in [3.05, 3.63) is 28.9 Å². The average molecular weight is 228 g/mol. The van der Waals surface area contributed by atoms with Gasteiger partial charge in [-0.1, -0.05) is 0 Å². The lowest BCUT2D eigenvalue weighted by atomic mass is 10.1. The molecule has 1 unspecified atom stereocenters. The summed E-state index contributed by atoms with van der Waals surface area (Å²) in [6.07, 6.45) is -1.68. The Balaban J connectivity index is 2.30. The van der Waals surface area contributed by atoms with E-state index >= 15 is 0 Å². The first kappa shape index (κ1) is 11.2. The van der Waals surface area contributed by atoms with E-state index in [0.717, 1.165) is 4.57 Å². The Morgan fingerprint density at radius 2 is 2.19 bits per heavy atom. The zero-order valence-corrected chi connectivity index (χ0v) is 8.30. The van der Waals surface area contributed by atoms with Gasteiger partial charge in [0.05, 0.1) is 6.61 Å². The molecule has 2 heterocycles. The summed E-state index contributed by atoms with van der Waals surface area (Å²) in [5, 5.41) is 28.1. The first-order chi connectivity index (χ1) is 7.65. The number of aliphatic hydroxyl groups excluding tert-OH is 3. The van der Waals surface area contributed by atoms with Gasteiger partial charge in [0.15, 0.2) is 6.23 Å². The lowest BCUT2D eigenvalue weighted by molar-refractivity contribution is -0.0549. The quantitative estimate of drug-likeness (QED) is 0.533. The molecule has 2 rings (SSSR count). The molecule has 1 saturated heterocycles. The SMILES string of the molecule is O=c1ncccn1[C@@H]1O[C@H](CO)C(O)[C@H]1O. The van der Waals surface area contributed by atoms with Gasteiger partial charge in [-0.05, 0) is 6.07 Å². The Labute approximate surface area is 90.6 Å². The third-order valence-corrected chi connectivity index (χ3v) is 2.53. The predicted octanol–water partition coefficient (Wildman–Crippen LogP) is -2.15. The normalized spacial score (nSPS) is 34.2. The van der Waals surface area contributed by atoms with Crippen LogP contribution in [0, 0.1) is 0 Å². The minimum absolute atomic E-state index is 0.427. The van der Waals surface area contributed by atoms with Crippen molar-refractivity contribution in [3.63, 3.8) is 0 Å². The highest BCUT2D eigenvalue weighted by Gasteiger charge is 2.43. The molecular weight excluding hydrogens is 216 g/mol. The Bertz CT molecular complexity index is 420. The highest BCUT2D eigenvalue weighted by atomic mass is 16.6. The number of aliphatic hydroxyl groups is 3. The van der Waals surface area contributed by atoms with Crippen molar-refractivity contribution >= 4 is 0 Å². The van der Waals surface area contributed by atoms with Crippen molar-refractivity contribution in [1.82, 2.24) is 9.55 Å². The van der Waals surface area contributed by atoms with E-state index in [1.54, 1.807) is 0 Å². The number of aromatic nitrogens is 2. The van der Waals surface area contributed by atoms with E-state index in [-0.39, 0.29) is 0 Å². The Hall–Kier alpha value is -1.28. The van der Waals surface area contributed by atoms with Crippen LogP contribution in [0.15, 0.2) is 23.3 Å². The summed E-state index contributed by atoms with van der Waals surface area (Å²) in [6.45, 7) is -0.427. The monoisotopic (exact) mass is 228 g/mol. The number of hydrogen-bond donors (Lipinski definition) is 3. The average Bonchev–Trinajstić information content (AvgIpc) is 2.57. The predicted molar refractivity (Wildman–Crippen MR) is 51.5 cm³/mol. The first-order valence-electron chi connectivity index (χ1n) is 4.80. The molecule has 0 saturated carbocycles. The van der Waals surface area contributed by atoms with Crippen LogP contribution in [0.4, 0.5) is 0 Å². The van der Waals surface area contributed by atoms with E-state index in [2.05, 4.69) is 4.98 Å². The van der Waals surface area contributed by atoms with E-state index in [0.29, 0.717) is 0 Å². The van der Waals surface area contributed by atoms with E-state index < -0.39 is 36.8 Å². The molecule has 1 aliphatic heterocycles. The van der Waals surface area contributed by atoms with Crippen LogP contribution in [0.2, 0.25) is 0 Å². The van der Waals surface area contributed by atoms with Crippen molar-refractivity contribution in [3.8, 4) is 0 Å². The van der Waals surface area contributed by atoms with Crippen LogP contribution in [0.25, 0.3) is 0 Å². The topological polar surface area (TPSA) is 105 Å². The van der Waals surface area contributed by atoms with Gasteiger partial charge in [0.2, 0.25) is 0 Å². The Morgan fingerprint density at radius 1 is 1.44 bits per heavy atom. The minimum atomic E-state index is -1.26. The largest absolute Gasteiger partial charge is 0.394 e. The van der Waals surface area contributed by atoms with Crippen LogP contribution >= 0.6 is 0 Å². The number of rotatable bonds is 2. The molecule has 88 valence electrons. The van der Waals surface area contributed by atoms with Gasteiger partial charge in [0.25, 0.3) is 0 Å². The Kier molecular flexibility index (Phi) is 3.01. The van der Waals surface area contributed by atoms with Gasteiger partial charge in [-0.3, -0.25) is 4.57 Å². The second-order valence-electron chi connectivity index (χ2n) is 3.54. The second kappa shape index (κ2) is 4.30. The van der Waals surface area contributed by atoms with Gasteiger partial charge in [-0.2, -0.15) is 0 Å². The highest BCUT2D eigenvalue weighted by molar-refractivity contribution is 4.92. The maximum absolute atomic E-state index is 11.4. The van der Waals surface area contributed by atoms with E-state index in [1.165, 1.54) is 18.5 Å². The highest BCUT2D eigenvalue weighted by Crippen LogP contribution is 2.27. The maximum atomic E-state index is 11.4. The molecule has 7 nitrogen and oxygen atoms in total. The lowest BCUT2D eigenvalue weighted by Crippen LogP contribution is -2.35. The fourth-order valence-corrected chi connectivity index (χ4v) is 1.67. The van der Waals surface area contributed by atoms with Crippen molar-refractivity contribution in [2.24, 2.45) is 0 Å². The van der Waals surface area contributed by atoms with Gasteiger partial charge in [0.1, 0.15) is 18.3 Å². The third-order valence-electron chi connectivity index (χ3n) is 2.53. The summed E-state index contributed by atoms with van der Waals surface area (Å²) in [5.41, 5.74) is -0.586. The molecule has 16 heavy (non-hydrogen) atoms. The molecule has 1 aromatic rings. The summed E-state index contributed by atoms with van der Waals surface area (Å²) in [6, 6.07) is 1.51. The minimum Gasteiger partial charge on any atom is -0.394 e. The van der Waals surface area contributed by atoms with Crippen LogP contribution in [0.1, 0.15) is 6.23 Å². The smallest absolute Gasteiger partial charge is 0.349 e. The molecule has 0 aromatic carbocycles. The molecule has 0 amide bonds. The molecule has 0 bridgehead atoms. The second-order valence-corrected chi connectivity index (χ2v) is 3.54. The fourth-order valence-electron chi connectivity index (χ4n) is 1.67. The van der Waals surface area contributed by atoms with Crippen molar-refractivity contribution < 1.29 is 20.1 Å². The molecule has 1 fully saturated rings. The van der Waals surface area contributed by atoms with Crippen molar-refractivity contribution in [2.45, 2.75) is 24.5 Å². The number of nitrogens with zero attached hydrogens (tertiary/aromatic N) is 2. The zero-order chi connectivity index (χ0) is 11.7. The lowest BCUT2D eigenvalue weighted by Gasteiger charge is -2.16. The number of ether oxygens (including phenoxy) is 1. The molecule has 7 heteroatoms. The summed E-state index contributed by atoms with van der Waals surface area (Å²) in [4.78, 5) is 14.9. The van der Waals surface area contributed by atoms with Crippen LogP contribution < -0.4 is 5.69 Å². The summed E-state index contributed by atoms with van der Waals surface area (Å²) < 4.78 is 6.25.